The van der Waals surface area contributed by atoms with Crippen LogP contribution in [0.15, 0.2) is 16.6 Å². The van der Waals surface area contributed by atoms with E-state index in [0.717, 1.165) is 12.3 Å². The van der Waals surface area contributed by atoms with E-state index in [-0.39, 0.29) is 6.04 Å². The third-order valence-electron chi connectivity index (χ3n) is 2.64. The van der Waals surface area contributed by atoms with Crippen molar-refractivity contribution < 1.29 is 9.47 Å². The molecule has 1 atom stereocenters. The Kier molecular flexibility index (Phi) is 3.19. The molecule has 3 heteroatoms. The standard InChI is InChI=1S/C11H17NO2/c1-13-7-10-8-14-11(12-10)9-5-3-2-4-6-9/h5,10H,2-4,6-8H2,1H3/t10-/m1/s1. The first-order valence-electron chi connectivity index (χ1n) is 5.29. The number of allylic oxidation sites excluding steroid dienone is 1. The molecule has 78 valence electrons. The zero-order valence-corrected chi connectivity index (χ0v) is 8.66. The Morgan fingerprint density at radius 3 is 3.21 bits per heavy atom. The van der Waals surface area contributed by atoms with Gasteiger partial charge < -0.3 is 9.47 Å². The van der Waals surface area contributed by atoms with Gasteiger partial charge in [-0.25, -0.2) is 4.99 Å². The maximum atomic E-state index is 5.56. The maximum absolute atomic E-state index is 5.56. The van der Waals surface area contributed by atoms with Crippen molar-refractivity contribution in [3.63, 3.8) is 0 Å². The zero-order chi connectivity index (χ0) is 9.80. The number of methoxy groups -OCH3 is 1. The molecule has 14 heavy (non-hydrogen) atoms. The van der Waals surface area contributed by atoms with Crippen LogP contribution in [0, 0.1) is 0 Å². The molecule has 3 nitrogen and oxygen atoms in total. The molecule has 1 aliphatic carbocycles. The van der Waals surface area contributed by atoms with Gasteiger partial charge in [0.15, 0.2) is 0 Å². The molecule has 0 unspecified atom stereocenters. The van der Waals surface area contributed by atoms with Gasteiger partial charge >= 0.3 is 0 Å². The number of hydrogen-bond acceptors (Lipinski definition) is 3. The van der Waals surface area contributed by atoms with Gasteiger partial charge in [-0.1, -0.05) is 6.08 Å². The van der Waals surface area contributed by atoms with E-state index in [1.807, 2.05) is 0 Å². The van der Waals surface area contributed by atoms with E-state index in [9.17, 15) is 0 Å². The molecule has 0 aromatic rings. The first-order valence-corrected chi connectivity index (χ1v) is 5.29. The van der Waals surface area contributed by atoms with Crippen LogP contribution in [0.1, 0.15) is 25.7 Å². The van der Waals surface area contributed by atoms with Crippen LogP contribution in [0.3, 0.4) is 0 Å². The predicted molar refractivity (Wildman–Crippen MR) is 55.6 cm³/mol. The predicted octanol–water partition coefficient (Wildman–Crippen LogP) is 1.93. The molecule has 0 amide bonds. The van der Waals surface area contributed by atoms with Crippen LogP contribution in [0.5, 0.6) is 0 Å². The number of rotatable bonds is 3. The van der Waals surface area contributed by atoms with Gasteiger partial charge in [-0.2, -0.15) is 0 Å². The molecule has 0 spiro atoms. The molecule has 0 fully saturated rings. The van der Waals surface area contributed by atoms with Crippen LogP contribution >= 0.6 is 0 Å². The monoisotopic (exact) mass is 195 g/mol. The molecule has 1 heterocycles. The van der Waals surface area contributed by atoms with Gasteiger partial charge in [-0.05, 0) is 25.7 Å². The summed E-state index contributed by atoms with van der Waals surface area (Å²) in [6, 6.07) is 0.206. The molecule has 2 aliphatic rings. The smallest absolute Gasteiger partial charge is 0.212 e. The van der Waals surface area contributed by atoms with Gasteiger partial charge in [0.1, 0.15) is 12.6 Å². The fourth-order valence-electron chi connectivity index (χ4n) is 1.90. The Morgan fingerprint density at radius 1 is 1.57 bits per heavy atom. The Hall–Kier alpha value is -0.830. The highest BCUT2D eigenvalue weighted by Gasteiger charge is 2.21. The third kappa shape index (κ3) is 2.15. The number of nitrogens with zero attached hydrogens (tertiary/aromatic N) is 1. The van der Waals surface area contributed by atoms with Crippen LogP contribution in [-0.4, -0.2) is 32.3 Å². The largest absolute Gasteiger partial charge is 0.475 e. The summed E-state index contributed by atoms with van der Waals surface area (Å²) in [6.07, 6.45) is 7.13. The summed E-state index contributed by atoms with van der Waals surface area (Å²) >= 11 is 0. The van der Waals surface area contributed by atoms with Gasteiger partial charge in [0, 0.05) is 12.7 Å². The van der Waals surface area contributed by atoms with E-state index < -0.39 is 0 Å². The highest BCUT2D eigenvalue weighted by atomic mass is 16.5. The lowest BCUT2D eigenvalue weighted by molar-refractivity contribution is 0.164. The van der Waals surface area contributed by atoms with Crippen molar-refractivity contribution in [2.75, 3.05) is 20.3 Å². The van der Waals surface area contributed by atoms with E-state index >= 15 is 0 Å². The molecule has 0 saturated heterocycles. The molecule has 2 rings (SSSR count). The lowest BCUT2D eigenvalue weighted by Gasteiger charge is -2.11. The first kappa shape index (κ1) is 9.71. The van der Waals surface area contributed by atoms with E-state index in [2.05, 4.69) is 11.1 Å². The Bertz CT molecular complexity index is 258. The number of hydrogen-bond donors (Lipinski definition) is 0. The van der Waals surface area contributed by atoms with E-state index in [1.165, 1.54) is 24.8 Å². The molecular weight excluding hydrogens is 178 g/mol. The van der Waals surface area contributed by atoms with Crippen LogP contribution in [0.25, 0.3) is 0 Å². The van der Waals surface area contributed by atoms with Gasteiger partial charge in [0.2, 0.25) is 5.90 Å². The van der Waals surface area contributed by atoms with Crippen LogP contribution < -0.4 is 0 Å². The summed E-state index contributed by atoms with van der Waals surface area (Å²) in [5, 5.41) is 0. The SMILES string of the molecule is COC[C@@H]1COC(C2=CCCCC2)=N1. The zero-order valence-electron chi connectivity index (χ0n) is 8.66. The average molecular weight is 195 g/mol. The number of aliphatic imine (C=N–C) groups is 1. The quantitative estimate of drug-likeness (QED) is 0.689. The van der Waals surface area contributed by atoms with Crippen molar-refractivity contribution in [3.05, 3.63) is 11.6 Å². The summed E-state index contributed by atoms with van der Waals surface area (Å²) in [4.78, 5) is 4.50. The van der Waals surface area contributed by atoms with Crippen molar-refractivity contribution in [1.29, 1.82) is 0 Å². The highest BCUT2D eigenvalue weighted by molar-refractivity contribution is 5.94. The van der Waals surface area contributed by atoms with Crippen molar-refractivity contribution in [2.24, 2.45) is 4.99 Å². The molecule has 0 N–H and O–H groups in total. The summed E-state index contributed by atoms with van der Waals surface area (Å²) in [6.45, 7) is 1.34. The highest BCUT2D eigenvalue weighted by Crippen LogP contribution is 2.22. The van der Waals surface area contributed by atoms with E-state index in [0.29, 0.717) is 13.2 Å². The summed E-state index contributed by atoms with van der Waals surface area (Å²) in [7, 11) is 1.70. The molecule has 0 saturated carbocycles. The molecule has 0 aromatic carbocycles. The minimum absolute atomic E-state index is 0.206. The van der Waals surface area contributed by atoms with Gasteiger partial charge in [0.25, 0.3) is 0 Å². The third-order valence-corrected chi connectivity index (χ3v) is 2.64. The molecule has 0 radical (unpaired) electrons. The summed E-state index contributed by atoms with van der Waals surface area (Å²) in [5.41, 5.74) is 1.30. The van der Waals surface area contributed by atoms with Crippen molar-refractivity contribution in [1.82, 2.24) is 0 Å². The summed E-state index contributed by atoms with van der Waals surface area (Å²) < 4.78 is 10.6. The van der Waals surface area contributed by atoms with Gasteiger partial charge in [-0.15, -0.1) is 0 Å². The lowest BCUT2D eigenvalue weighted by Crippen LogP contribution is -2.12. The average Bonchev–Trinajstić information content (AvgIpc) is 2.68. The number of ether oxygens (including phenoxy) is 2. The fraction of sp³-hybridized carbons (Fsp3) is 0.727. The van der Waals surface area contributed by atoms with Crippen LogP contribution in [-0.2, 0) is 9.47 Å². The van der Waals surface area contributed by atoms with Crippen molar-refractivity contribution in [3.8, 4) is 0 Å². The van der Waals surface area contributed by atoms with Crippen LogP contribution in [0.4, 0.5) is 0 Å². The second kappa shape index (κ2) is 4.60. The maximum Gasteiger partial charge on any atom is 0.212 e. The van der Waals surface area contributed by atoms with Gasteiger partial charge in [0.05, 0.1) is 6.61 Å². The minimum Gasteiger partial charge on any atom is -0.475 e. The Morgan fingerprint density at radius 2 is 2.50 bits per heavy atom. The fourth-order valence-corrected chi connectivity index (χ4v) is 1.90. The second-order valence-electron chi connectivity index (χ2n) is 3.83. The van der Waals surface area contributed by atoms with E-state index in [1.54, 1.807) is 7.11 Å². The molecule has 0 aromatic heterocycles. The topological polar surface area (TPSA) is 30.8 Å². The second-order valence-corrected chi connectivity index (χ2v) is 3.83. The van der Waals surface area contributed by atoms with Crippen molar-refractivity contribution in [2.45, 2.75) is 31.7 Å². The van der Waals surface area contributed by atoms with Gasteiger partial charge in [-0.3, -0.25) is 0 Å². The minimum atomic E-state index is 0.206. The Balaban J connectivity index is 1.98. The van der Waals surface area contributed by atoms with Crippen LogP contribution in [0.2, 0.25) is 0 Å². The van der Waals surface area contributed by atoms with Crippen molar-refractivity contribution >= 4 is 5.90 Å². The molecule has 1 aliphatic heterocycles. The molecular formula is C11H17NO2. The molecule has 0 bridgehead atoms. The lowest BCUT2D eigenvalue weighted by atomic mass is 10.00. The summed E-state index contributed by atoms with van der Waals surface area (Å²) in [5.74, 6) is 0.867. The van der Waals surface area contributed by atoms with E-state index in [4.69, 9.17) is 9.47 Å². The Labute approximate surface area is 84.8 Å². The normalized spacial score (nSPS) is 26.8. The first-order chi connectivity index (χ1) is 6.90.